The molecule has 0 fully saturated rings. The monoisotopic (exact) mass is 608 g/mol. The first-order chi connectivity index (χ1) is 19.8. The lowest BCUT2D eigenvalue weighted by Crippen LogP contribution is -2.26. The van der Waals surface area contributed by atoms with Crippen molar-refractivity contribution in [2.75, 3.05) is 0 Å². The van der Waals surface area contributed by atoms with E-state index in [0.29, 0.717) is 22.6 Å². The van der Waals surface area contributed by atoms with Crippen LogP contribution in [0.15, 0.2) is 116 Å². The van der Waals surface area contributed by atoms with Crippen molar-refractivity contribution in [3.63, 3.8) is 0 Å². The number of furan rings is 1. The van der Waals surface area contributed by atoms with E-state index >= 15 is 0 Å². The SMILES string of the molecule is Cc1c(C(c2ccc(-c3ccc(Br)cc3)o2)c2c(C)n(C)n(-c3ccccc3)c2=O)c(=O)n(-c2ccccc2)n1C. The number of rotatable bonds is 6. The zero-order chi connectivity index (χ0) is 28.8. The average molecular weight is 610 g/mol. The summed E-state index contributed by atoms with van der Waals surface area (Å²) >= 11 is 3.49. The van der Waals surface area contributed by atoms with Crippen LogP contribution in [0.5, 0.6) is 0 Å². The summed E-state index contributed by atoms with van der Waals surface area (Å²) in [5.74, 6) is 0.456. The lowest BCUT2D eigenvalue weighted by molar-refractivity contribution is 0.513. The molecule has 3 aromatic carbocycles. The molecular formula is C33H29BrN4O3. The second-order valence-electron chi connectivity index (χ2n) is 10.1. The summed E-state index contributed by atoms with van der Waals surface area (Å²) in [5, 5.41) is 0. The van der Waals surface area contributed by atoms with E-state index in [9.17, 15) is 9.59 Å². The smallest absolute Gasteiger partial charge is 0.275 e. The van der Waals surface area contributed by atoms with Gasteiger partial charge in [-0.25, -0.2) is 9.36 Å². The standard InChI is InChI=1S/C33H29BrN4O3/c1-21-29(32(39)37(35(21)3)25-11-7-5-8-12-25)31(28-20-19-27(41-28)23-15-17-24(34)18-16-23)30-22(2)36(4)38(33(30)40)26-13-9-6-10-14-26/h5-20,31H,1-4H3. The first-order valence-electron chi connectivity index (χ1n) is 13.3. The Balaban J connectivity index is 1.63. The van der Waals surface area contributed by atoms with Crippen LogP contribution in [0.1, 0.15) is 34.2 Å². The van der Waals surface area contributed by atoms with E-state index in [1.165, 1.54) is 0 Å². The molecule has 0 atom stereocenters. The lowest BCUT2D eigenvalue weighted by atomic mass is 9.89. The van der Waals surface area contributed by atoms with E-state index in [-0.39, 0.29) is 11.1 Å². The zero-order valence-electron chi connectivity index (χ0n) is 23.2. The van der Waals surface area contributed by atoms with Gasteiger partial charge in [0.05, 0.1) is 28.4 Å². The number of nitrogens with zero attached hydrogens (tertiary/aromatic N) is 4. The predicted molar refractivity (Wildman–Crippen MR) is 164 cm³/mol. The highest BCUT2D eigenvalue weighted by molar-refractivity contribution is 9.10. The van der Waals surface area contributed by atoms with Crippen LogP contribution < -0.4 is 11.1 Å². The molecule has 0 aliphatic rings. The largest absolute Gasteiger partial charge is 0.460 e. The van der Waals surface area contributed by atoms with Gasteiger partial charge in [0.2, 0.25) is 0 Å². The van der Waals surface area contributed by atoms with Gasteiger partial charge in [-0.3, -0.25) is 19.0 Å². The third kappa shape index (κ3) is 4.44. The molecule has 206 valence electrons. The summed E-state index contributed by atoms with van der Waals surface area (Å²) in [6, 6.07) is 30.6. The minimum Gasteiger partial charge on any atom is -0.460 e. The number of benzene rings is 3. The summed E-state index contributed by atoms with van der Waals surface area (Å²) < 4.78 is 14.4. The maximum absolute atomic E-state index is 14.3. The molecule has 0 unspecified atom stereocenters. The Kier molecular flexibility index (Phi) is 6.79. The number of halogens is 1. The molecule has 0 saturated carbocycles. The molecule has 6 rings (SSSR count). The second kappa shape index (κ2) is 10.4. The zero-order valence-corrected chi connectivity index (χ0v) is 24.8. The van der Waals surface area contributed by atoms with Gasteiger partial charge in [-0.15, -0.1) is 0 Å². The van der Waals surface area contributed by atoms with Crippen LogP contribution in [0.3, 0.4) is 0 Å². The second-order valence-corrected chi connectivity index (χ2v) is 11.0. The van der Waals surface area contributed by atoms with Crippen LogP contribution in [-0.4, -0.2) is 18.7 Å². The van der Waals surface area contributed by atoms with Crippen LogP contribution in [0.25, 0.3) is 22.7 Å². The van der Waals surface area contributed by atoms with Gasteiger partial charge in [0, 0.05) is 35.5 Å². The van der Waals surface area contributed by atoms with Crippen molar-refractivity contribution in [3.05, 3.63) is 151 Å². The molecule has 0 aliphatic carbocycles. The maximum atomic E-state index is 14.3. The summed E-state index contributed by atoms with van der Waals surface area (Å²) in [6.45, 7) is 3.82. The van der Waals surface area contributed by atoms with Crippen LogP contribution in [0.4, 0.5) is 0 Å². The summed E-state index contributed by atoms with van der Waals surface area (Å²) in [4.78, 5) is 28.6. The summed E-state index contributed by atoms with van der Waals surface area (Å²) in [5.41, 5.74) is 4.49. The molecule has 41 heavy (non-hydrogen) atoms. The number of aromatic nitrogens is 4. The molecule has 0 spiro atoms. The number of hydrogen-bond donors (Lipinski definition) is 0. The van der Waals surface area contributed by atoms with Gasteiger partial charge < -0.3 is 4.42 Å². The average Bonchev–Trinajstić information content (AvgIpc) is 3.61. The van der Waals surface area contributed by atoms with Crippen molar-refractivity contribution in [2.45, 2.75) is 19.8 Å². The van der Waals surface area contributed by atoms with Crippen molar-refractivity contribution in [2.24, 2.45) is 14.1 Å². The van der Waals surface area contributed by atoms with Crippen LogP contribution in [0.2, 0.25) is 0 Å². The van der Waals surface area contributed by atoms with E-state index < -0.39 is 5.92 Å². The molecule has 0 saturated heterocycles. The molecule has 0 radical (unpaired) electrons. The van der Waals surface area contributed by atoms with Gasteiger partial charge in [-0.2, -0.15) is 0 Å². The first-order valence-corrected chi connectivity index (χ1v) is 14.1. The molecule has 0 amide bonds. The van der Waals surface area contributed by atoms with E-state index in [2.05, 4.69) is 15.9 Å². The Morgan fingerprint density at radius 3 is 1.56 bits per heavy atom. The molecular weight excluding hydrogens is 580 g/mol. The highest BCUT2D eigenvalue weighted by Crippen LogP contribution is 2.36. The maximum Gasteiger partial charge on any atom is 0.275 e. The quantitative estimate of drug-likeness (QED) is 0.217. The highest BCUT2D eigenvalue weighted by atomic mass is 79.9. The van der Waals surface area contributed by atoms with Crippen LogP contribution in [-0.2, 0) is 14.1 Å². The highest BCUT2D eigenvalue weighted by Gasteiger charge is 2.34. The third-order valence-corrected chi connectivity index (χ3v) is 8.34. The molecule has 0 aliphatic heterocycles. The van der Waals surface area contributed by atoms with Crippen molar-refractivity contribution >= 4 is 15.9 Å². The summed E-state index contributed by atoms with van der Waals surface area (Å²) in [7, 11) is 3.72. The molecule has 7 nitrogen and oxygen atoms in total. The number of hydrogen-bond acceptors (Lipinski definition) is 3. The minimum atomic E-state index is -0.730. The molecule has 0 N–H and O–H groups in total. The van der Waals surface area contributed by atoms with Gasteiger partial charge in [-0.05, 0) is 62.4 Å². The van der Waals surface area contributed by atoms with Crippen molar-refractivity contribution in [1.82, 2.24) is 18.7 Å². The fraction of sp³-hybridized carbons (Fsp3) is 0.152. The summed E-state index contributed by atoms with van der Waals surface area (Å²) in [6.07, 6.45) is 0. The topological polar surface area (TPSA) is 67.0 Å². The van der Waals surface area contributed by atoms with E-state index in [1.54, 1.807) is 9.36 Å². The van der Waals surface area contributed by atoms with Crippen LogP contribution in [0, 0.1) is 13.8 Å². The normalized spacial score (nSPS) is 11.5. The predicted octanol–water partition coefficient (Wildman–Crippen LogP) is 6.48. The van der Waals surface area contributed by atoms with Gasteiger partial charge in [0.1, 0.15) is 11.5 Å². The molecule has 8 heteroatoms. The Morgan fingerprint density at radius 2 is 1.10 bits per heavy atom. The number of para-hydroxylation sites is 2. The van der Waals surface area contributed by atoms with Gasteiger partial charge in [-0.1, -0.05) is 64.5 Å². The third-order valence-electron chi connectivity index (χ3n) is 7.81. The fourth-order valence-corrected chi connectivity index (χ4v) is 5.81. The van der Waals surface area contributed by atoms with E-state index in [1.807, 2.05) is 134 Å². The molecule has 3 aromatic heterocycles. The first kappa shape index (κ1) is 26.7. The molecule has 3 heterocycles. The van der Waals surface area contributed by atoms with E-state index in [4.69, 9.17) is 4.42 Å². The van der Waals surface area contributed by atoms with Crippen molar-refractivity contribution < 1.29 is 4.42 Å². The molecule has 6 aromatic rings. The fourth-order valence-electron chi connectivity index (χ4n) is 5.55. The van der Waals surface area contributed by atoms with Crippen molar-refractivity contribution in [3.8, 4) is 22.7 Å². The van der Waals surface area contributed by atoms with Gasteiger partial charge in [0.15, 0.2) is 0 Å². The van der Waals surface area contributed by atoms with Gasteiger partial charge >= 0.3 is 0 Å². The molecule has 0 bridgehead atoms. The Bertz CT molecular complexity index is 1870. The minimum absolute atomic E-state index is 0.197. The Hall–Kier alpha value is -4.56. The lowest BCUT2D eigenvalue weighted by Gasteiger charge is -2.13. The Morgan fingerprint density at radius 1 is 0.634 bits per heavy atom. The van der Waals surface area contributed by atoms with Crippen LogP contribution >= 0.6 is 15.9 Å². The van der Waals surface area contributed by atoms with Crippen molar-refractivity contribution in [1.29, 1.82) is 0 Å². The van der Waals surface area contributed by atoms with E-state index in [0.717, 1.165) is 32.8 Å². The Labute approximate surface area is 245 Å². The van der Waals surface area contributed by atoms with Gasteiger partial charge in [0.25, 0.3) is 11.1 Å².